The van der Waals surface area contributed by atoms with Crippen LogP contribution in [0.2, 0.25) is 10.0 Å². The van der Waals surface area contributed by atoms with E-state index in [1.807, 2.05) is 24.3 Å². The molecule has 0 unspecified atom stereocenters. The Kier molecular flexibility index (Phi) is 3.24. The van der Waals surface area contributed by atoms with E-state index in [0.29, 0.717) is 26.8 Å². The Bertz CT molecular complexity index is 871. The fourth-order valence-corrected chi connectivity index (χ4v) is 2.51. The van der Waals surface area contributed by atoms with E-state index in [0.717, 1.165) is 11.1 Å². The molecule has 2 aromatic carbocycles. The Morgan fingerprint density at radius 1 is 1.10 bits per heavy atom. The monoisotopic (exact) mass is 304 g/mol. The number of H-pyrrole nitrogens is 1. The molecule has 100 valence electrons. The van der Waals surface area contributed by atoms with Crippen molar-refractivity contribution in [3.63, 3.8) is 0 Å². The maximum atomic E-state index is 12.2. The molecule has 0 bridgehead atoms. The fourth-order valence-electron chi connectivity index (χ4n) is 2.21. The summed E-state index contributed by atoms with van der Waals surface area (Å²) >= 11 is 12.0. The smallest absolute Gasteiger partial charge is 0.259 e. The Morgan fingerprint density at radius 2 is 1.90 bits per heavy atom. The average Bonchev–Trinajstić information content (AvgIpc) is 2.41. The number of aryl methyl sites for hydroxylation is 1. The normalized spacial score (nSPS) is 10.9. The molecule has 0 aliphatic heterocycles. The van der Waals surface area contributed by atoms with Crippen LogP contribution in [-0.4, -0.2) is 9.97 Å². The van der Waals surface area contributed by atoms with Gasteiger partial charge in [0.15, 0.2) is 0 Å². The Morgan fingerprint density at radius 3 is 2.65 bits per heavy atom. The quantitative estimate of drug-likeness (QED) is 0.732. The molecule has 0 saturated heterocycles. The lowest BCUT2D eigenvalue weighted by molar-refractivity contribution is 1.06. The highest BCUT2D eigenvalue weighted by Crippen LogP contribution is 2.31. The summed E-state index contributed by atoms with van der Waals surface area (Å²) in [6.45, 7) is 1.76. The number of halogens is 2. The number of rotatable bonds is 1. The van der Waals surface area contributed by atoms with E-state index in [4.69, 9.17) is 23.2 Å². The van der Waals surface area contributed by atoms with Crippen molar-refractivity contribution in [1.82, 2.24) is 9.97 Å². The predicted octanol–water partition coefficient (Wildman–Crippen LogP) is 4.21. The van der Waals surface area contributed by atoms with Crippen LogP contribution in [0.5, 0.6) is 0 Å². The molecule has 20 heavy (non-hydrogen) atoms. The van der Waals surface area contributed by atoms with Crippen molar-refractivity contribution in [3.8, 4) is 11.1 Å². The lowest BCUT2D eigenvalue weighted by Gasteiger charge is -2.07. The number of nitrogens with zero attached hydrogens (tertiary/aromatic N) is 1. The van der Waals surface area contributed by atoms with Gasteiger partial charge in [0, 0.05) is 0 Å². The van der Waals surface area contributed by atoms with E-state index in [1.54, 1.807) is 19.1 Å². The van der Waals surface area contributed by atoms with Gasteiger partial charge >= 0.3 is 0 Å². The number of nitrogens with one attached hydrogen (secondary N) is 1. The van der Waals surface area contributed by atoms with E-state index in [-0.39, 0.29) is 5.56 Å². The van der Waals surface area contributed by atoms with Crippen molar-refractivity contribution >= 4 is 34.1 Å². The number of aromatic amines is 1. The molecule has 3 nitrogen and oxygen atoms in total. The molecular weight excluding hydrogens is 295 g/mol. The number of fused-ring (bicyclic) bond motifs is 1. The van der Waals surface area contributed by atoms with Crippen molar-refractivity contribution in [1.29, 1.82) is 0 Å². The molecule has 0 atom stereocenters. The van der Waals surface area contributed by atoms with Crippen molar-refractivity contribution in [3.05, 3.63) is 62.6 Å². The number of hydrogen-bond acceptors (Lipinski definition) is 2. The summed E-state index contributed by atoms with van der Waals surface area (Å²) in [6, 6.07) is 10.9. The first-order valence-electron chi connectivity index (χ1n) is 6.01. The third-order valence-corrected chi connectivity index (χ3v) is 3.82. The summed E-state index contributed by atoms with van der Waals surface area (Å²) in [5.74, 6) is 0.591. The first-order chi connectivity index (χ1) is 9.56. The van der Waals surface area contributed by atoms with E-state index in [2.05, 4.69) is 9.97 Å². The van der Waals surface area contributed by atoms with Crippen LogP contribution in [0.4, 0.5) is 0 Å². The Balaban J connectivity index is 2.36. The standard InChI is InChI=1S/C15H10Cl2N2O/c1-8-18-13-4-2-3-10(14(13)15(20)19-8)9-5-6-11(16)12(17)7-9/h2-7H,1H3,(H,18,19,20). The van der Waals surface area contributed by atoms with Gasteiger partial charge in [-0.25, -0.2) is 4.98 Å². The highest BCUT2D eigenvalue weighted by Gasteiger charge is 2.10. The molecule has 0 aliphatic rings. The zero-order valence-corrected chi connectivity index (χ0v) is 12.1. The van der Waals surface area contributed by atoms with Crippen LogP contribution >= 0.6 is 23.2 Å². The summed E-state index contributed by atoms with van der Waals surface area (Å²) in [6.07, 6.45) is 0. The van der Waals surface area contributed by atoms with E-state index in [9.17, 15) is 4.79 Å². The van der Waals surface area contributed by atoms with Crippen molar-refractivity contribution in [2.24, 2.45) is 0 Å². The lowest BCUT2D eigenvalue weighted by Crippen LogP contribution is -2.10. The second kappa shape index (κ2) is 4.93. The molecule has 0 saturated carbocycles. The number of hydrogen-bond donors (Lipinski definition) is 1. The minimum atomic E-state index is -0.158. The van der Waals surface area contributed by atoms with Crippen LogP contribution in [0.25, 0.3) is 22.0 Å². The van der Waals surface area contributed by atoms with Crippen LogP contribution in [-0.2, 0) is 0 Å². The van der Waals surface area contributed by atoms with Gasteiger partial charge in [-0.3, -0.25) is 4.79 Å². The topological polar surface area (TPSA) is 45.8 Å². The number of benzene rings is 2. The average molecular weight is 305 g/mol. The largest absolute Gasteiger partial charge is 0.310 e. The molecule has 0 fully saturated rings. The SMILES string of the molecule is Cc1nc2cccc(-c3ccc(Cl)c(Cl)c3)c2c(=O)[nH]1. The molecule has 1 heterocycles. The molecule has 0 amide bonds. The second-order valence-corrected chi connectivity index (χ2v) is 5.29. The Labute approximate surface area is 125 Å². The van der Waals surface area contributed by atoms with Crippen LogP contribution in [0.1, 0.15) is 5.82 Å². The van der Waals surface area contributed by atoms with Gasteiger partial charge in [0.2, 0.25) is 0 Å². The molecule has 0 spiro atoms. The molecule has 3 rings (SSSR count). The minimum absolute atomic E-state index is 0.158. The van der Waals surface area contributed by atoms with Crippen LogP contribution in [0.3, 0.4) is 0 Å². The highest BCUT2D eigenvalue weighted by atomic mass is 35.5. The van der Waals surface area contributed by atoms with E-state index in [1.165, 1.54) is 0 Å². The molecule has 1 N–H and O–H groups in total. The zero-order valence-electron chi connectivity index (χ0n) is 10.6. The number of aromatic nitrogens is 2. The van der Waals surface area contributed by atoms with E-state index < -0.39 is 0 Å². The first kappa shape index (κ1) is 13.2. The van der Waals surface area contributed by atoms with Crippen LogP contribution in [0.15, 0.2) is 41.2 Å². The third-order valence-electron chi connectivity index (χ3n) is 3.08. The highest BCUT2D eigenvalue weighted by molar-refractivity contribution is 6.42. The summed E-state index contributed by atoms with van der Waals surface area (Å²) < 4.78 is 0. The van der Waals surface area contributed by atoms with Crippen LogP contribution in [0, 0.1) is 6.92 Å². The molecule has 0 aliphatic carbocycles. The Hall–Kier alpha value is -1.84. The molecule has 5 heteroatoms. The van der Waals surface area contributed by atoms with Gasteiger partial charge in [0.05, 0.1) is 20.9 Å². The summed E-state index contributed by atoms with van der Waals surface area (Å²) in [5, 5.41) is 1.49. The molecule has 1 aromatic heterocycles. The molecule has 3 aromatic rings. The van der Waals surface area contributed by atoms with Crippen molar-refractivity contribution < 1.29 is 0 Å². The summed E-state index contributed by atoms with van der Waals surface area (Å²) in [5.41, 5.74) is 2.12. The van der Waals surface area contributed by atoms with Crippen molar-refractivity contribution in [2.45, 2.75) is 6.92 Å². The van der Waals surface area contributed by atoms with Gasteiger partial charge in [-0.2, -0.15) is 0 Å². The predicted molar refractivity (Wildman–Crippen MR) is 82.6 cm³/mol. The fraction of sp³-hybridized carbons (Fsp3) is 0.0667. The van der Waals surface area contributed by atoms with Crippen LogP contribution < -0.4 is 5.56 Å². The maximum absolute atomic E-state index is 12.2. The van der Waals surface area contributed by atoms with Gasteiger partial charge < -0.3 is 4.98 Å². The summed E-state index contributed by atoms with van der Waals surface area (Å²) in [4.78, 5) is 19.3. The van der Waals surface area contributed by atoms with Crippen molar-refractivity contribution in [2.75, 3.05) is 0 Å². The van der Waals surface area contributed by atoms with E-state index >= 15 is 0 Å². The minimum Gasteiger partial charge on any atom is -0.310 e. The third kappa shape index (κ3) is 2.19. The van der Waals surface area contributed by atoms with Gasteiger partial charge in [-0.15, -0.1) is 0 Å². The van der Waals surface area contributed by atoms with Gasteiger partial charge in [-0.1, -0.05) is 41.4 Å². The molecular formula is C15H10Cl2N2O. The summed E-state index contributed by atoms with van der Waals surface area (Å²) in [7, 11) is 0. The second-order valence-electron chi connectivity index (χ2n) is 4.48. The lowest BCUT2D eigenvalue weighted by atomic mass is 10.0. The molecule has 0 radical (unpaired) electrons. The zero-order chi connectivity index (χ0) is 14.3. The maximum Gasteiger partial charge on any atom is 0.259 e. The van der Waals surface area contributed by atoms with Gasteiger partial charge in [0.1, 0.15) is 5.82 Å². The van der Waals surface area contributed by atoms with Gasteiger partial charge in [-0.05, 0) is 36.2 Å². The van der Waals surface area contributed by atoms with Gasteiger partial charge in [0.25, 0.3) is 5.56 Å². The first-order valence-corrected chi connectivity index (χ1v) is 6.77.